The summed E-state index contributed by atoms with van der Waals surface area (Å²) in [4.78, 5) is 6.83. The first-order valence-corrected chi connectivity index (χ1v) is 3.63. The van der Waals surface area contributed by atoms with Gasteiger partial charge in [0.05, 0.1) is 6.20 Å². The minimum absolute atomic E-state index is 0.329. The Labute approximate surface area is 68.4 Å². The van der Waals surface area contributed by atoms with Crippen molar-refractivity contribution in [1.82, 2.24) is 9.97 Å². The minimum Gasteiger partial charge on any atom is -0.342 e. The summed E-state index contributed by atoms with van der Waals surface area (Å²) in [5.74, 6) is -0.329. The van der Waals surface area contributed by atoms with Gasteiger partial charge in [-0.1, -0.05) is 0 Å². The highest BCUT2D eigenvalue weighted by Gasteiger charge is 2.00. The SMILES string of the molecule is NCc1cc2cc(F)cnc2[nH]1. The quantitative estimate of drug-likeness (QED) is 0.666. The summed E-state index contributed by atoms with van der Waals surface area (Å²) in [7, 11) is 0. The topological polar surface area (TPSA) is 54.7 Å². The van der Waals surface area contributed by atoms with Crippen molar-refractivity contribution in [1.29, 1.82) is 0 Å². The number of aromatic amines is 1. The molecule has 0 spiro atoms. The van der Waals surface area contributed by atoms with Crippen molar-refractivity contribution in [2.24, 2.45) is 5.73 Å². The monoisotopic (exact) mass is 165 g/mol. The lowest BCUT2D eigenvalue weighted by molar-refractivity contribution is 0.624. The number of pyridine rings is 1. The second-order valence-electron chi connectivity index (χ2n) is 2.59. The number of aromatic nitrogens is 2. The molecule has 0 saturated heterocycles. The zero-order valence-electron chi connectivity index (χ0n) is 6.34. The first-order chi connectivity index (χ1) is 5.79. The van der Waals surface area contributed by atoms with Crippen LogP contribution in [0.3, 0.4) is 0 Å². The van der Waals surface area contributed by atoms with Crippen molar-refractivity contribution in [3.8, 4) is 0 Å². The van der Waals surface area contributed by atoms with Crippen LogP contribution in [0.5, 0.6) is 0 Å². The summed E-state index contributed by atoms with van der Waals surface area (Å²) in [5.41, 5.74) is 6.94. The van der Waals surface area contributed by atoms with Gasteiger partial charge in [0.1, 0.15) is 11.5 Å². The van der Waals surface area contributed by atoms with E-state index in [9.17, 15) is 4.39 Å². The van der Waals surface area contributed by atoms with Crippen LogP contribution in [0, 0.1) is 5.82 Å². The zero-order valence-corrected chi connectivity index (χ0v) is 6.34. The number of fused-ring (bicyclic) bond motifs is 1. The minimum atomic E-state index is -0.329. The van der Waals surface area contributed by atoms with Crippen molar-refractivity contribution in [3.05, 3.63) is 29.8 Å². The highest BCUT2D eigenvalue weighted by atomic mass is 19.1. The van der Waals surface area contributed by atoms with Crippen LogP contribution in [0.15, 0.2) is 18.3 Å². The van der Waals surface area contributed by atoms with Crippen LogP contribution in [-0.4, -0.2) is 9.97 Å². The van der Waals surface area contributed by atoms with E-state index in [1.54, 1.807) is 6.07 Å². The number of nitrogens with zero attached hydrogens (tertiary/aromatic N) is 1. The van der Waals surface area contributed by atoms with Crippen LogP contribution >= 0.6 is 0 Å². The third-order valence-corrected chi connectivity index (χ3v) is 1.71. The Kier molecular flexibility index (Phi) is 1.55. The third-order valence-electron chi connectivity index (χ3n) is 1.71. The summed E-state index contributed by atoms with van der Waals surface area (Å²) in [6, 6.07) is 3.23. The standard InChI is InChI=1S/C8H8FN3/c9-6-1-5-2-7(3-10)12-8(5)11-4-6/h1-2,4H,3,10H2,(H,11,12). The van der Waals surface area contributed by atoms with E-state index >= 15 is 0 Å². The number of rotatable bonds is 1. The summed E-state index contributed by atoms with van der Waals surface area (Å²) in [6.07, 6.45) is 1.18. The molecule has 62 valence electrons. The van der Waals surface area contributed by atoms with Crippen molar-refractivity contribution < 1.29 is 4.39 Å². The van der Waals surface area contributed by atoms with Crippen LogP contribution in [0.25, 0.3) is 11.0 Å². The molecule has 3 N–H and O–H groups in total. The molecule has 0 amide bonds. The zero-order chi connectivity index (χ0) is 8.55. The first kappa shape index (κ1) is 7.24. The fraction of sp³-hybridized carbons (Fsp3) is 0.125. The number of hydrogen-bond donors (Lipinski definition) is 2. The number of halogens is 1. The molecule has 0 bridgehead atoms. The number of nitrogens with one attached hydrogen (secondary N) is 1. The van der Waals surface area contributed by atoms with Crippen molar-refractivity contribution in [3.63, 3.8) is 0 Å². The molecule has 0 saturated carbocycles. The van der Waals surface area contributed by atoms with Gasteiger partial charge in [0.25, 0.3) is 0 Å². The van der Waals surface area contributed by atoms with Crippen LogP contribution in [0.4, 0.5) is 4.39 Å². The van der Waals surface area contributed by atoms with E-state index < -0.39 is 0 Å². The average Bonchev–Trinajstić information content (AvgIpc) is 2.46. The molecule has 2 rings (SSSR count). The Morgan fingerprint density at radius 1 is 1.50 bits per heavy atom. The lowest BCUT2D eigenvalue weighted by Crippen LogP contribution is -1.95. The molecular formula is C8H8FN3. The maximum atomic E-state index is 12.6. The van der Waals surface area contributed by atoms with E-state index in [1.807, 2.05) is 0 Å². The molecule has 3 nitrogen and oxygen atoms in total. The molecule has 0 atom stereocenters. The summed E-state index contributed by atoms with van der Waals surface area (Å²) >= 11 is 0. The number of H-pyrrole nitrogens is 1. The second-order valence-corrected chi connectivity index (χ2v) is 2.59. The molecule has 0 aliphatic heterocycles. The Hall–Kier alpha value is -1.42. The average molecular weight is 165 g/mol. The maximum Gasteiger partial charge on any atom is 0.142 e. The third kappa shape index (κ3) is 1.06. The second kappa shape index (κ2) is 2.57. The molecular weight excluding hydrogens is 157 g/mol. The van der Waals surface area contributed by atoms with Gasteiger partial charge < -0.3 is 10.7 Å². The smallest absolute Gasteiger partial charge is 0.142 e. The van der Waals surface area contributed by atoms with E-state index in [-0.39, 0.29) is 5.82 Å². The Morgan fingerprint density at radius 2 is 2.33 bits per heavy atom. The highest BCUT2D eigenvalue weighted by Crippen LogP contribution is 2.13. The summed E-state index contributed by atoms with van der Waals surface area (Å²) in [5, 5.41) is 0.760. The van der Waals surface area contributed by atoms with E-state index in [0.717, 1.165) is 11.1 Å². The molecule has 0 aromatic carbocycles. The molecule has 0 aliphatic rings. The molecule has 12 heavy (non-hydrogen) atoms. The van der Waals surface area contributed by atoms with E-state index in [1.165, 1.54) is 12.3 Å². The van der Waals surface area contributed by atoms with Gasteiger partial charge in [-0.15, -0.1) is 0 Å². The molecule has 0 radical (unpaired) electrons. The van der Waals surface area contributed by atoms with Crippen molar-refractivity contribution in [2.75, 3.05) is 0 Å². The van der Waals surface area contributed by atoms with E-state index in [4.69, 9.17) is 5.73 Å². The summed E-state index contributed by atoms with van der Waals surface area (Å²) in [6.45, 7) is 0.415. The van der Waals surface area contributed by atoms with E-state index in [0.29, 0.717) is 12.2 Å². The Bertz CT molecular complexity index is 408. The number of nitrogens with two attached hydrogens (primary N) is 1. The van der Waals surface area contributed by atoms with Gasteiger partial charge in [0.2, 0.25) is 0 Å². The molecule has 0 fully saturated rings. The highest BCUT2D eigenvalue weighted by molar-refractivity contribution is 5.76. The van der Waals surface area contributed by atoms with Crippen LogP contribution in [0.1, 0.15) is 5.69 Å². The molecule has 2 heterocycles. The molecule has 0 unspecified atom stereocenters. The molecule has 4 heteroatoms. The predicted molar refractivity (Wildman–Crippen MR) is 43.9 cm³/mol. The molecule has 2 aromatic rings. The summed E-state index contributed by atoms with van der Waals surface area (Å²) < 4.78 is 12.6. The number of hydrogen-bond acceptors (Lipinski definition) is 2. The van der Waals surface area contributed by atoms with Crippen molar-refractivity contribution >= 4 is 11.0 Å². The molecule has 0 aliphatic carbocycles. The predicted octanol–water partition coefficient (Wildman–Crippen LogP) is 1.16. The lowest BCUT2D eigenvalue weighted by Gasteiger charge is -1.87. The van der Waals surface area contributed by atoms with Gasteiger partial charge in [0, 0.05) is 17.6 Å². The van der Waals surface area contributed by atoms with Gasteiger partial charge >= 0.3 is 0 Å². The van der Waals surface area contributed by atoms with Crippen molar-refractivity contribution in [2.45, 2.75) is 6.54 Å². The normalized spacial score (nSPS) is 10.8. The van der Waals surface area contributed by atoms with Gasteiger partial charge in [-0.05, 0) is 12.1 Å². The fourth-order valence-corrected chi connectivity index (χ4v) is 1.16. The molecule has 2 aromatic heterocycles. The van der Waals surface area contributed by atoms with Gasteiger partial charge in [0.15, 0.2) is 0 Å². The van der Waals surface area contributed by atoms with Crippen LogP contribution in [-0.2, 0) is 6.54 Å². The van der Waals surface area contributed by atoms with Crippen LogP contribution in [0.2, 0.25) is 0 Å². The Morgan fingerprint density at radius 3 is 3.08 bits per heavy atom. The van der Waals surface area contributed by atoms with Gasteiger partial charge in [-0.3, -0.25) is 0 Å². The first-order valence-electron chi connectivity index (χ1n) is 3.63. The van der Waals surface area contributed by atoms with E-state index in [2.05, 4.69) is 9.97 Å². The fourth-order valence-electron chi connectivity index (χ4n) is 1.16. The maximum absolute atomic E-state index is 12.6. The Balaban J connectivity index is 2.67. The van der Waals surface area contributed by atoms with Gasteiger partial charge in [-0.2, -0.15) is 0 Å². The van der Waals surface area contributed by atoms with Gasteiger partial charge in [-0.25, -0.2) is 9.37 Å². The lowest BCUT2D eigenvalue weighted by atomic mass is 10.3. The van der Waals surface area contributed by atoms with Crippen LogP contribution < -0.4 is 5.73 Å². The largest absolute Gasteiger partial charge is 0.342 e.